The van der Waals surface area contributed by atoms with Crippen molar-refractivity contribution in [3.8, 4) is 0 Å². The molecule has 1 atom stereocenters. The number of hydrogen-bond donors (Lipinski definition) is 1. The van der Waals surface area contributed by atoms with Gasteiger partial charge in [0.25, 0.3) is 0 Å². The lowest BCUT2D eigenvalue weighted by Crippen LogP contribution is -2.08. The van der Waals surface area contributed by atoms with Crippen molar-refractivity contribution < 1.29 is 0 Å². The molecule has 2 aromatic rings. The van der Waals surface area contributed by atoms with E-state index >= 15 is 0 Å². The van der Waals surface area contributed by atoms with Crippen LogP contribution in [0.4, 0.5) is 5.69 Å². The monoisotopic (exact) mass is 265 g/mol. The summed E-state index contributed by atoms with van der Waals surface area (Å²) in [5, 5.41) is 3.66. The van der Waals surface area contributed by atoms with E-state index in [0.717, 1.165) is 0 Å². The van der Waals surface area contributed by atoms with Crippen molar-refractivity contribution in [3.05, 3.63) is 64.2 Å². The van der Waals surface area contributed by atoms with E-state index in [1.165, 1.54) is 41.6 Å². The molecule has 20 heavy (non-hydrogen) atoms. The van der Waals surface area contributed by atoms with Gasteiger partial charge >= 0.3 is 0 Å². The molecular formula is C19H23N. The van der Waals surface area contributed by atoms with Crippen LogP contribution in [0.15, 0.2) is 36.4 Å². The van der Waals surface area contributed by atoms with E-state index in [2.05, 4.69) is 62.5 Å². The van der Waals surface area contributed by atoms with Gasteiger partial charge < -0.3 is 5.32 Å². The van der Waals surface area contributed by atoms with Gasteiger partial charge in [0.1, 0.15) is 0 Å². The summed E-state index contributed by atoms with van der Waals surface area (Å²) in [5.41, 5.74) is 8.44. The fraction of sp³-hybridized carbons (Fsp3) is 0.368. The van der Waals surface area contributed by atoms with Crippen molar-refractivity contribution in [3.63, 3.8) is 0 Å². The predicted molar refractivity (Wildman–Crippen MR) is 86.4 cm³/mol. The van der Waals surface area contributed by atoms with Crippen molar-refractivity contribution in [2.75, 3.05) is 5.32 Å². The van der Waals surface area contributed by atoms with Crippen molar-refractivity contribution in [2.24, 2.45) is 0 Å². The van der Waals surface area contributed by atoms with Crippen LogP contribution in [0.3, 0.4) is 0 Å². The fourth-order valence-electron chi connectivity index (χ4n) is 3.09. The Morgan fingerprint density at radius 1 is 1.00 bits per heavy atom. The highest BCUT2D eigenvalue weighted by atomic mass is 14.9. The fourth-order valence-corrected chi connectivity index (χ4v) is 3.09. The summed E-state index contributed by atoms with van der Waals surface area (Å²) in [6.45, 7) is 6.60. The van der Waals surface area contributed by atoms with Gasteiger partial charge in [0.15, 0.2) is 0 Å². The van der Waals surface area contributed by atoms with Crippen LogP contribution in [0.1, 0.15) is 47.2 Å². The second-order valence-corrected chi connectivity index (χ2v) is 6.00. The smallest absolute Gasteiger partial charge is 0.0485 e. The number of aryl methyl sites for hydroxylation is 3. The van der Waals surface area contributed by atoms with Gasteiger partial charge in [-0.05, 0) is 73.9 Å². The molecule has 1 nitrogen and oxygen atoms in total. The Kier molecular flexibility index (Phi) is 3.52. The van der Waals surface area contributed by atoms with Crippen LogP contribution in [0.5, 0.6) is 0 Å². The molecule has 3 rings (SSSR count). The average Bonchev–Trinajstić information content (AvgIpc) is 2.91. The minimum atomic E-state index is 0.349. The molecule has 0 aliphatic heterocycles. The molecule has 0 radical (unpaired) electrons. The maximum Gasteiger partial charge on any atom is 0.0485 e. The van der Waals surface area contributed by atoms with Crippen LogP contribution in [-0.2, 0) is 12.8 Å². The van der Waals surface area contributed by atoms with Gasteiger partial charge in [0.2, 0.25) is 0 Å². The number of benzene rings is 2. The Labute approximate surface area is 122 Å². The molecule has 1 aliphatic carbocycles. The summed E-state index contributed by atoms with van der Waals surface area (Å²) < 4.78 is 0. The number of nitrogens with one attached hydrogen (secondary N) is 1. The van der Waals surface area contributed by atoms with Gasteiger partial charge in [-0.25, -0.2) is 0 Å². The Bertz CT molecular complexity index is 628. The number of anilines is 1. The molecule has 1 heteroatoms. The minimum absolute atomic E-state index is 0.349. The molecule has 0 bridgehead atoms. The van der Waals surface area contributed by atoms with Crippen molar-refractivity contribution in [1.29, 1.82) is 0 Å². The summed E-state index contributed by atoms with van der Waals surface area (Å²) in [7, 11) is 0. The van der Waals surface area contributed by atoms with Crippen LogP contribution >= 0.6 is 0 Å². The summed E-state index contributed by atoms with van der Waals surface area (Å²) >= 11 is 0. The van der Waals surface area contributed by atoms with E-state index in [1.54, 1.807) is 11.1 Å². The SMILES string of the molecule is Cc1cccc(NC(C)c2ccc3c(c2)CCC3)c1C. The molecule has 1 N–H and O–H groups in total. The van der Waals surface area contributed by atoms with E-state index < -0.39 is 0 Å². The summed E-state index contributed by atoms with van der Waals surface area (Å²) in [5.74, 6) is 0. The number of hydrogen-bond acceptors (Lipinski definition) is 1. The van der Waals surface area contributed by atoms with E-state index in [9.17, 15) is 0 Å². The van der Waals surface area contributed by atoms with Crippen molar-refractivity contribution in [1.82, 2.24) is 0 Å². The molecule has 1 unspecified atom stereocenters. The molecule has 1 aliphatic rings. The van der Waals surface area contributed by atoms with Gasteiger partial charge in [-0.3, -0.25) is 0 Å². The second kappa shape index (κ2) is 5.32. The van der Waals surface area contributed by atoms with Crippen LogP contribution in [0.2, 0.25) is 0 Å². The van der Waals surface area contributed by atoms with Crippen molar-refractivity contribution in [2.45, 2.75) is 46.1 Å². The quantitative estimate of drug-likeness (QED) is 0.826. The first-order chi connectivity index (χ1) is 9.65. The first kappa shape index (κ1) is 13.2. The normalized spacial score (nSPS) is 14.9. The maximum atomic E-state index is 3.66. The molecule has 0 aromatic heterocycles. The second-order valence-electron chi connectivity index (χ2n) is 6.00. The lowest BCUT2D eigenvalue weighted by Gasteiger charge is -2.19. The molecule has 104 valence electrons. The van der Waals surface area contributed by atoms with E-state index in [1.807, 2.05) is 0 Å². The van der Waals surface area contributed by atoms with Gasteiger partial charge in [-0.2, -0.15) is 0 Å². The van der Waals surface area contributed by atoms with Crippen molar-refractivity contribution >= 4 is 5.69 Å². The highest BCUT2D eigenvalue weighted by Crippen LogP contribution is 2.28. The largest absolute Gasteiger partial charge is 0.378 e. The molecule has 0 heterocycles. The van der Waals surface area contributed by atoms with Crippen LogP contribution in [-0.4, -0.2) is 0 Å². The lowest BCUT2D eigenvalue weighted by atomic mass is 10.0. The van der Waals surface area contributed by atoms with E-state index in [0.29, 0.717) is 6.04 Å². The van der Waals surface area contributed by atoms with E-state index in [4.69, 9.17) is 0 Å². The first-order valence-corrected chi connectivity index (χ1v) is 7.59. The number of fused-ring (bicyclic) bond motifs is 1. The topological polar surface area (TPSA) is 12.0 Å². The Morgan fingerprint density at radius 2 is 1.80 bits per heavy atom. The highest BCUT2D eigenvalue weighted by Gasteiger charge is 2.14. The molecule has 0 spiro atoms. The van der Waals surface area contributed by atoms with Crippen LogP contribution in [0, 0.1) is 13.8 Å². The standard InChI is InChI=1S/C19H23N/c1-13-6-4-9-19(14(13)2)20-15(3)17-11-10-16-7-5-8-18(16)12-17/h4,6,9-12,15,20H,5,7-8H2,1-3H3. The average molecular weight is 265 g/mol. The zero-order valence-electron chi connectivity index (χ0n) is 12.7. The molecule has 0 saturated carbocycles. The highest BCUT2D eigenvalue weighted by molar-refractivity contribution is 5.55. The summed E-state index contributed by atoms with van der Waals surface area (Å²) in [4.78, 5) is 0. The predicted octanol–water partition coefficient (Wildman–Crippen LogP) is 4.97. The zero-order valence-corrected chi connectivity index (χ0v) is 12.7. The van der Waals surface area contributed by atoms with Crippen LogP contribution < -0.4 is 5.32 Å². The third-order valence-electron chi connectivity index (χ3n) is 4.60. The van der Waals surface area contributed by atoms with Crippen LogP contribution in [0.25, 0.3) is 0 Å². The summed E-state index contributed by atoms with van der Waals surface area (Å²) in [6, 6.07) is 13.8. The third-order valence-corrected chi connectivity index (χ3v) is 4.60. The van der Waals surface area contributed by atoms with Gasteiger partial charge in [-0.15, -0.1) is 0 Å². The zero-order chi connectivity index (χ0) is 14.1. The lowest BCUT2D eigenvalue weighted by molar-refractivity contribution is 0.877. The maximum absolute atomic E-state index is 3.66. The Balaban J connectivity index is 1.82. The van der Waals surface area contributed by atoms with E-state index in [-0.39, 0.29) is 0 Å². The van der Waals surface area contributed by atoms with Gasteiger partial charge in [0, 0.05) is 11.7 Å². The molecule has 0 saturated heterocycles. The molecule has 0 fully saturated rings. The van der Waals surface area contributed by atoms with Gasteiger partial charge in [-0.1, -0.05) is 30.3 Å². The molecular weight excluding hydrogens is 242 g/mol. The Hall–Kier alpha value is -1.76. The first-order valence-electron chi connectivity index (χ1n) is 7.59. The summed E-state index contributed by atoms with van der Waals surface area (Å²) in [6.07, 6.45) is 3.82. The number of rotatable bonds is 3. The molecule has 0 amide bonds. The Morgan fingerprint density at radius 3 is 2.65 bits per heavy atom. The minimum Gasteiger partial charge on any atom is -0.378 e. The molecule has 2 aromatic carbocycles. The van der Waals surface area contributed by atoms with Gasteiger partial charge in [0.05, 0.1) is 0 Å². The third kappa shape index (κ3) is 2.45.